The van der Waals surface area contributed by atoms with Crippen molar-refractivity contribution in [3.8, 4) is 5.75 Å². The molecule has 0 spiro atoms. The van der Waals surface area contributed by atoms with Crippen LogP contribution in [0.4, 0.5) is 4.39 Å². The number of primary amides is 1. The third kappa shape index (κ3) is 4.60. The molecule has 2 saturated carbocycles. The smallest absolute Gasteiger partial charge is 0.235 e. The number of Topliss-reactive ketones (excluding diaryl/α,β-unsaturated/α-hetero) is 4. The molecule has 11 heteroatoms. The zero-order valence-corrected chi connectivity index (χ0v) is 22.8. The fourth-order valence-corrected chi connectivity index (χ4v) is 6.61. The molecule has 0 aliphatic heterocycles. The van der Waals surface area contributed by atoms with E-state index in [0.29, 0.717) is 13.0 Å². The number of benzene rings is 1. The lowest BCUT2D eigenvalue weighted by molar-refractivity contribution is -0.181. The van der Waals surface area contributed by atoms with E-state index < -0.39 is 75.9 Å². The predicted molar refractivity (Wildman–Crippen MR) is 137 cm³/mol. The fourth-order valence-electron chi connectivity index (χ4n) is 6.61. The average Bonchev–Trinajstić information content (AvgIpc) is 2.81. The highest BCUT2D eigenvalue weighted by molar-refractivity contribution is 6.32. The quantitative estimate of drug-likeness (QED) is 0.291. The minimum absolute atomic E-state index is 0.0292. The summed E-state index contributed by atoms with van der Waals surface area (Å²) in [6.07, 6.45) is 0.597. The second kappa shape index (κ2) is 9.87. The monoisotopic (exact) mass is 545 g/mol. The van der Waals surface area contributed by atoms with Crippen molar-refractivity contribution >= 4 is 29.0 Å². The average molecular weight is 546 g/mol. The van der Waals surface area contributed by atoms with Crippen molar-refractivity contribution in [3.63, 3.8) is 0 Å². The Morgan fingerprint density at radius 2 is 1.85 bits per heavy atom. The highest BCUT2D eigenvalue weighted by Crippen LogP contribution is 2.51. The number of nitrogens with two attached hydrogens (primary N) is 1. The Morgan fingerprint density at radius 1 is 1.21 bits per heavy atom. The second-order valence-corrected chi connectivity index (χ2v) is 12.3. The zero-order chi connectivity index (χ0) is 29.2. The van der Waals surface area contributed by atoms with Crippen LogP contribution in [0.1, 0.15) is 55.1 Å². The summed E-state index contributed by atoms with van der Waals surface area (Å²) in [5, 5.41) is 25.9. The van der Waals surface area contributed by atoms with Crippen LogP contribution in [0.15, 0.2) is 6.07 Å². The summed E-state index contributed by atoms with van der Waals surface area (Å²) in [7, 11) is 3.01. The molecule has 0 saturated heterocycles. The number of hydrogen-bond acceptors (Lipinski definition) is 9. The number of rotatable bonds is 6. The molecule has 0 bridgehead atoms. The maximum atomic E-state index is 15.3. The number of nitrogens with one attached hydrogen (secondary N) is 1. The largest absolute Gasteiger partial charge is 0.507 e. The topological polar surface area (TPSA) is 167 Å². The lowest BCUT2D eigenvalue weighted by Gasteiger charge is -2.52. The summed E-state index contributed by atoms with van der Waals surface area (Å²) in [5.74, 6) is -12.2. The van der Waals surface area contributed by atoms with Gasteiger partial charge in [0.05, 0.1) is 17.5 Å². The number of hydrogen-bond donors (Lipinski definition) is 4. The number of halogens is 1. The van der Waals surface area contributed by atoms with Gasteiger partial charge in [-0.25, -0.2) is 4.39 Å². The predicted octanol–water partition coefficient (Wildman–Crippen LogP) is 0.327. The summed E-state index contributed by atoms with van der Waals surface area (Å²) in [6.45, 7) is 6.58. The van der Waals surface area contributed by atoms with E-state index in [2.05, 4.69) is 5.32 Å². The van der Waals surface area contributed by atoms with Gasteiger partial charge in [-0.05, 0) is 84.6 Å². The van der Waals surface area contributed by atoms with Crippen molar-refractivity contribution in [3.05, 3.63) is 28.6 Å². The van der Waals surface area contributed by atoms with Gasteiger partial charge in [-0.3, -0.25) is 28.9 Å². The van der Waals surface area contributed by atoms with Crippen LogP contribution in [0.25, 0.3) is 0 Å². The van der Waals surface area contributed by atoms with Gasteiger partial charge in [0, 0.05) is 17.0 Å². The van der Waals surface area contributed by atoms with E-state index in [1.807, 2.05) is 20.8 Å². The molecule has 5 N–H and O–H groups in total. The first-order chi connectivity index (χ1) is 18.0. The summed E-state index contributed by atoms with van der Waals surface area (Å²) in [5.41, 5.74) is 2.25. The Bertz CT molecular complexity index is 1270. The molecule has 0 heterocycles. The van der Waals surface area contributed by atoms with E-state index >= 15 is 4.39 Å². The van der Waals surface area contributed by atoms with Gasteiger partial charge in [-0.1, -0.05) is 0 Å². The number of carbonyl (C=O) groups is 5. The van der Waals surface area contributed by atoms with Gasteiger partial charge in [0.1, 0.15) is 11.6 Å². The van der Waals surface area contributed by atoms with Crippen molar-refractivity contribution in [2.75, 3.05) is 20.6 Å². The highest BCUT2D eigenvalue weighted by Gasteiger charge is 2.69. The Balaban J connectivity index is 1.73. The van der Waals surface area contributed by atoms with Gasteiger partial charge in [0.15, 0.2) is 34.7 Å². The molecule has 3 aliphatic rings. The van der Waals surface area contributed by atoms with E-state index in [1.165, 1.54) is 25.1 Å². The first-order valence-corrected chi connectivity index (χ1v) is 13.1. The highest BCUT2D eigenvalue weighted by atomic mass is 19.1. The Morgan fingerprint density at radius 3 is 2.41 bits per heavy atom. The number of phenols is 1. The van der Waals surface area contributed by atoms with E-state index in [1.54, 1.807) is 0 Å². The molecule has 1 aromatic rings. The molecule has 10 nitrogen and oxygen atoms in total. The molecule has 2 fully saturated rings. The van der Waals surface area contributed by atoms with Crippen LogP contribution in [0, 0.1) is 29.5 Å². The molecule has 6 atom stereocenters. The molecule has 1 amide bonds. The van der Waals surface area contributed by atoms with Crippen LogP contribution in [-0.2, 0) is 32.0 Å². The minimum Gasteiger partial charge on any atom is -0.507 e. The van der Waals surface area contributed by atoms with Gasteiger partial charge >= 0.3 is 0 Å². The van der Waals surface area contributed by atoms with E-state index in [0.717, 1.165) is 0 Å². The van der Waals surface area contributed by atoms with E-state index in [9.17, 15) is 34.2 Å². The SMILES string of the molecule is CN(C)[C@@H]1C(=O)C(C(N)=O)C(=O)[C@@]2(O)C(=O)C3C(=O)c4c(O)c(CCCNC(C)(C)C)cc(F)c4C[C@H]3C[C@@H]12. The molecule has 3 aliphatic carbocycles. The summed E-state index contributed by atoms with van der Waals surface area (Å²) in [4.78, 5) is 67.4. The van der Waals surface area contributed by atoms with Gasteiger partial charge in [-0.2, -0.15) is 0 Å². The number of amides is 1. The van der Waals surface area contributed by atoms with Crippen LogP contribution in [0.3, 0.4) is 0 Å². The molecular formula is C28H36FN3O7. The number of phenolic OH excluding ortho intramolecular Hbond substituents is 1. The number of carbonyl (C=O) groups excluding carboxylic acids is 5. The Labute approximate surface area is 226 Å². The Hall–Kier alpha value is -3.02. The van der Waals surface area contributed by atoms with Crippen LogP contribution < -0.4 is 11.1 Å². The van der Waals surface area contributed by atoms with Crippen molar-refractivity contribution in [2.45, 2.75) is 63.6 Å². The van der Waals surface area contributed by atoms with Crippen LogP contribution in [0.2, 0.25) is 0 Å². The normalized spacial score (nSPS) is 30.7. The lowest BCUT2D eigenvalue weighted by atomic mass is 9.52. The molecular weight excluding hydrogens is 509 g/mol. The van der Waals surface area contributed by atoms with Crippen LogP contribution in [-0.4, -0.2) is 82.0 Å². The molecule has 1 aromatic carbocycles. The van der Waals surface area contributed by atoms with E-state index in [4.69, 9.17) is 5.73 Å². The summed E-state index contributed by atoms with van der Waals surface area (Å²) < 4.78 is 15.3. The minimum atomic E-state index is -2.80. The Kier molecular flexibility index (Phi) is 7.33. The van der Waals surface area contributed by atoms with Gasteiger partial charge in [0.2, 0.25) is 5.91 Å². The number of fused-ring (bicyclic) bond motifs is 3. The van der Waals surface area contributed by atoms with Crippen LogP contribution >= 0.6 is 0 Å². The zero-order valence-electron chi connectivity index (χ0n) is 22.8. The van der Waals surface area contributed by atoms with Crippen molar-refractivity contribution in [2.24, 2.45) is 29.4 Å². The first-order valence-electron chi connectivity index (χ1n) is 13.1. The summed E-state index contributed by atoms with van der Waals surface area (Å²) in [6, 6.07) is 0.00191. The number of ketones is 4. The number of aromatic hydroxyl groups is 1. The number of likely N-dealkylation sites (N-methyl/N-ethyl adjacent to an activating group) is 1. The molecule has 0 radical (unpaired) electrons. The molecule has 39 heavy (non-hydrogen) atoms. The number of nitrogens with zero attached hydrogens (tertiary/aromatic N) is 1. The van der Waals surface area contributed by atoms with Crippen molar-refractivity contribution in [1.82, 2.24) is 10.2 Å². The molecule has 212 valence electrons. The maximum Gasteiger partial charge on any atom is 0.235 e. The maximum absolute atomic E-state index is 15.3. The lowest BCUT2D eigenvalue weighted by Crippen LogP contribution is -2.74. The van der Waals surface area contributed by atoms with Crippen molar-refractivity contribution in [1.29, 1.82) is 0 Å². The van der Waals surface area contributed by atoms with Crippen molar-refractivity contribution < 1.29 is 38.6 Å². The van der Waals surface area contributed by atoms with Crippen LogP contribution in [0.5, 0.6) is 5.75 Å². The fraction of sp³-hybridized carbons (Fsp3) is 0.607. The molecule has 0 aromatic heterocycles. The van der Waals surface area contributed by atoms with E-state index in [-0.39, 0.29) is 41.5 Å². The van der Waals surface area contributed by atoms with Gasteiger partial charge in [-0.15, -0.1) is 0 Å². The third-order valence-electron chi connectivity index (χ3n) is 8.36. The standard InChI is InChI=1S/C28H36FN3O7/c1-27(2,3)31-8-6-7-12-11-16(29)14-9-13-10-15-20(32(4)5)23(35)19(26(30)38)25(37)28(15,39)24(36)17(13)22(34)18(14)21(12)33/h11,13,15,17,19-20,31,33,39H,6-10H2,1-5H3,(H2,30,38)/t13-,15-,17?,19?,20-,28-/m0/s1. The number of aryl methyl sites for hydroxylation is 1. The first kappa shape index (κ1) is 29.0. The third-order valence-corrected chi connectivity index (χ3v) is 8.36. The molecule has 2 unspecified atom stereocenters. The van der Waals surface area contributed by atoms with Gasteiger partial charge in [0.25, 0.3) is 0 Å². The number of aliphatic hydroxyl groups is 1. The van der Waals surface area contributed by atoms with Gasteiger partial charge < -0.3 is 21.3 Å². The molecule has 4 rings (SSSR count). The second-order valence-electron chi connectivity index (χ2n) is 12.3. The summed E-state index contributed by atoms with van der Waals surface area (Å²) >= 11 is 0.